The zero-order valence-corrected chi connectivity index (χ0v) is 9.57. The fourth-order valence-corrected chi connectivity index (χ4v) is 1.67. The highest BCUT2D eigenvalue weighted by atomic mass is 15.4. The number of nitrogens with zero attached hydrogens (tertiary/aromatic N) is 2. The Balaban J connectivity index is 2.46. The molecule has 4 heteroatoms. The van der Waals surface area contributed by atoms with Gasteiger partial charge >= 0.3 is 0 Å². The molecule has 0 saturated heterocycles. The van der Waals surface area contributed by atoms with E-state index in [-0.39, 0.29) is 0 Å². The maximum atomic E-state index is 5.88. The summed E-state index contributed by atoms with van der Waals surface area (Å²) in [7, 11) is 0. The Labute approximate surface area is 94.9 Å². The third-order valence-electron chi connectivity index (χ3n) is 2.76. The second kappa shape index (κ2) is 3.89. The van der Waals surface area contributed by atoms with Gasteiger partial charge in [-0.25, -0.2) is 9.66 Å². The first-order chi connectivity index (χ1) is 7.63. The summed E-state index contributed by atoms with van der Waals surface area (Å²) in [6.07, 6.45) is 1.03. The van der Waals surface area contributed by atoms with Gasteiger partial charge in [0.2, 0.25) is 0 Å². The number of benzene rings is 1. The lowest BCUT2D eigenvalue weighted by molar-refractivity contribution is 0.937. The van der Waals surface area contributed by atoms with Crippen molar-refractivity contribution in [2.24, 2.45) is 0 Å². The van der Waals surface area contributed by atoms with E-state index in [1.165, 1.54) is 10.2 Å². The lowest BCUT2D eigenvalue weighted by Gasteiger charge is -2.01. The Morgan fingerprint density at radius 3 is 2.31 bits per heavy atom. The molecular formula is C12H16N4. The van der Waals surface area contributed by atoms with Gasteiger partial charge in [-0.05, 0) is 18.9 Å². The molecular weight excluding hydrogens is 200 g/mol. The zero-order chi connectivity index (χ0) is 11.7. The summed E-state index contributed by atoms with van der Waals surface area (Å²) in [6.45, 7) is 3.96. The molecule has 4 N–H and O–H groups in total. The van der Waals surface area contributed by atoms with Crippen LogP contribution in [-0.4, -0.2) is 9.66 Å². The van der Waals surface area contributed by atoms with Crippen LogP contribution in [0.5, 0.6) is 0 Å². The van der Waals surface area contributed by atoms with Crippen molar-refractivity contribution in [1.29, 1.82) is 0 Å². The van der Waals surface area contributed by atoms with Crippen molar-refractivity contribution in [2.45, 2.75) is 20.3 Å². The summed E-state index contributed by atoms with van der Waals surface area (Å²) in [5.41, 5.74) is 8.93. The van der Waals surface area contributed by atoms with Gasteiger partial charge in [0, 0.05) is 5.56 Å². The van der Waals surface area contributed by atoms with Crippen LogP contribution in [0.1, 0.15) is 18.3 Å². The molecule has 16 heavy (non-hydrogen) atoms. The van der Waals surface area contributed by atoms with Crippen molar-refractivity contribution >= 4 is 5.82 Å². The van der Waals surface area contributed by atoms with Crippen LogP contribution in [-0.2, 0) is 6.42 Å². The van der Waals surface area contributed by atoms with Crippen LogP contribution in [0, 0.1) is 6.92 Å². The first-order valence-corrected chi connectivity index (χ1v) is 5.32. The SMILES string of the molecule is CCc1ccc(-c2nc(C)n(N)c2N)cc1. The standard InChI is InChI=1S/C12H16N4/c1-3-9-4-6-10(7-5-9)11-12(13)16(14)8(2)15-11/h4-7H,3,13-14H2,1-2H3. The van der Waals surface area contributed by atoms with Crippen LogP contribution in [0.3, 0.4) is 0 Å². The van der Waals surface area contributed by atoms with Crippen molar-refractivity contribution in [3.63, 3.8) is 0 Å². The Hall–Kier alpha value is -1.97. The molecule has 0 aliphatic heterocycles. The molecule has 0 aliphatic carbocycles. The Bertz CT molecular complexity index is 496. The number of anilines is 1. The molecule has 0 amide bonds. The second-order valence-corrected chi connectivity index (χ2v) is 3.81. The van der Waals surface area contributed by atoms with Crippen LogP contribution in [0.15, 0.2) is 24.3 Å². The number of nitrogen functional groups attached to an aromatic ring is 2. The van der Waals surface area contributed by atoms with E-state index in [1.807, 2.05) is 19.1 Å². The Morgan fingerprint density at radius 2 is 1.88 bits per heavy atom. The highest BCUT2D eigenvalue weighted by Gasteiger charge is 2.11. The van der Waals surface area contributed by atoms with Gasteiger partial charge in [-0.1, -0.05) is 31.2 Å². The summed E-state index contributed by atoms with van der Waals surface area (Å²) in [5, 5.41) is 0. The first kappa shape index (κ1) is 10.5. The minimum atomic E-state index is 0.502. The summed E-state index contributed by atoms with van der Waals surface area (Å²) in [5.74, 6) is 6.94. The predicted molar refractivity (Wildman–Crippen MR) is 66.3 cm³/mol. The van der Waals surface area contributed by atoms with Crippen molar-refractivity contribution in [3.8, 4) is 11.3 Å². The maximum absolute atomic E-state index is 5.88. The molecule has 0 radical (unpaired) electrons. The molecule has 2 aromatic rings. The minimum absolute atomic E-state index is 0.502. The van der Waals surface area contributed by atoms with E-state index in [1.54, 1.807) is 0 Å². The van der Waals surface area contributed by atoms with Crippen molar-refractivity contribution in [2.75, 3.05) is 11.6 Å². The van der Waals surface area contributed by atoms with E-state index < -0.39 is 0 Å². The number of aryl methyl sites for hydroxylation is 2. The van der Waals surface area contributed by atoms with Crippen LogP contribution in [0.4, 0.5) is 5.82 Å². The molecule has 0 atom stereocenters. The first-order valence-electron chi connectivity index (χ1n) is 5.32. The number of aromatic nitrogens is 2. The Kier molecular flexibility index (Phi) is 2.56. The van der Waals surface area contributed by atoms with E-state index in [0.29, 0.717) is 11.6 Å². The summed E-state index contributed by atoms with van der Waals surface area (Å²) in [6, 6.07) is 8.22. The highest BCUT2D eigenvalue weighted by molar-refractivity contribution is 5.71. The molecule has 1 aromatic heterocycles. The van der Waals surface area contributed by atoms with Crippen LogP contribution >= 0.6 is 0 Å². The van der Waals surface area contributed by atoms with Gasteiger partial charge in [0.05, 0.1) is 0 Å². The van der Waals surface area contributed by atoms with E-state index in [9.17, 15) is 0 Å². The molecule has 0 fully saturated rings. The second-order valence-electron chi connectivity index (χ2n) is 3.81. The monoisotopic (exact) mass is 216 g/mol. The average Bonchev–Trinajstić information content (AvgIpc) is 2.57. The molecule has 84 valence electrons. The molecule has 2 rings (SSSR count). The van der Waals surface area contributed by atoms with Crippen LogP contribution < -0.4 is 11.6 Å². The molecule has 0 bridgehead atoms. The normalized spacial score (nSPS) is 10.6. The van der Waals surface area contributed by atoms with E-state index in [2.05, 4.69) is 24.0 Å². The van der Waals surface area contributed by atoms with Crippen LogP contribution in [0.25, 0.3) is 11.3 Å². The third-order valence-corrected chi connectivity index (χ3v) is 2.76. The summed E-state index contributed by atoms with van der Waals surface area (Å²) in [4.78, 5) is 4.35. The van der Waals surface area contributed by atoms with Gasteiger partial charge < -0.3 is 11.6 Å². The highest BCUT2D eigenvalue weighted by Crippen LogP contribution is 2.24. The number of hydrogen-bond acceptors (Lipinski definition) is 3. The fourth-order valence-electron chi connectivity index (χ4n) is 1.67. The largest absolute Gasteiger partial charge is 0.382 e. The van der Waals surface area contributed by atoms with Gasteiger partial charge in [-0.15, -0.1) is 0 Å². The van der Waals surface area contributed by atoms with Crippen LogP contribution in [0.2, 0.25) is 0 Å². The number of hydrogen-bond donors (Lipinski definition) is 2. The van der Waals surface area contributed by atoms with Crippen molar-refractivity contribution in [1.82, 2.24) is 9.66 Å². The van der Waals surface area contributed by atoms with Crippen molar-refractivity contribution in [3.05, 3.63) is 35.7 Å². The minimum Gasteiger partial charge on any atom is -0.382 e. The van der Waals surface area contributed by atoms with Gasteiger partial charge in [0.25, 0.3) is 0 Å². The van der Waals surface area contributed by atoms with E-state index in [0.717, 1.165) is 17.7 Å². The van der Waals surface area contributed by atoms with Gasteiger partial charge in [-0.2, -0.15) is 0 Å². The maximum Gasteiger partial charge on any atom is 0.150 e. The third kappa shape index (κ3) is 1.62. The molecule has 1 aromatic carbocycles. The molecule has 4 nitrogen and oxygen atoms in total. The van der Waals surface area contributed by atoms with Gasteiger partial charge in [0.1, 0.15) is 11.5 Å². The molecule has 0 saturated carbocycles. The molecule has 1 heterocycles. The summed E-state index contributed by atoms with van der Waals surface area (Å²) < 4.78 is 1.41. The average molecular weight is 216 g/mol. The number of nitrogens with two attached hydrogens (primary N) is 2. The lowest BCUT2D eigenvalue weighted by atomic mass is 10.1. The smallest absolute Gasteiger partial charge is 0.150 e. The molecule has 0 spiro atoms. The Morgan fingerprint density at radius 1 is 1.25 bits per heavy atom. The summed E-state index contributed by atoms with van der Waals surface area (Å²) >= 11 is 0. The number of rotatable bonds is 2. The van der Waals surface area contributed by atoms with Gasteiger partial charge in [-0.3, -0.25) is 0 Å². The predicted octanol–water partition coefficient (Wildman–Crippen LogP) is 1.72. The number of imidazole rings is 1. The zero-order valence-electron chi connectivity index (χ0n) is 9.57. The van der Waals surface area contributed by atoms with Gasteiger partial charge in [0.15, 0.2) is 5.82 Å². The van der Waals surface area contributed by atoms with E-state index >= 15 is 0 Å². The molecule has 0 aliphatic rings. The molecule has 0 unspecified atom stereocenters. The van der Waals surface area contributed by atoms with E-state index in [4.69, 9.17) is 11.6 Å². The lowest BCUT2D eigenvalue weighted by Crippen LogP contribution is -2.13. The topological polar surface area (TPSA) is 69.9 Å². The quantitative estimate of drug-likeness (QED) is 0.751. The fraction of sp³-hybridized carbons (Fsp3) is 0.250. The van der Waals surface area contributed by atoms with Crippen molar-refractivity contribution < 1.29 is 0 Å².